The predicted molar refractivity (Wildman–Crippen MR) is 122 cm³/mol. The second-order valence-corrected chi connectivity index (χ2v) is 9.56. The van der Waals surface area contributed by atoms with Crippen LogP contribution in [0.4, 0.5) is 0 Å². The number of rotatable bonds is 4. The largest absolute Gasteiger partial charge is 0.387 e. The van der Waals surface area contributed by atoms with E-state index in [9.17, 15) is 9.90 Å². The first-order valence-electron chi connectivity index (χ1n) is 10.5. The molecular weight excluding hydrogens is 432 g/mol. The molecule has 5 rings (SSSR count). The number of carbonyl (C=O) groups excluding carboxylic acids is 1. The fraction of sp³-hybridized carbons (Fsp3) is 0.348. The summed E-state index contributed by atoms with van der Waals surface area (Å²) in [7, 11) is 0. The summed E-state index contributed by atoms with van der Waals surface area (Å²) in [5, 5.41) is 17.4. The van der Waals surface area contributed by atoms with Gasteiger partial charge in [0.05, 0.1) is 27.2 Å². The Morgan fingerprint density at radius 2 is 2.00 bits per heavy atom. The Morgan fingerprint density at radius 3 is 2.84 bits per heavy atom. The van der Waals surface area contributed by atoms with Gasteiger partial charge in [-0.2, -0.15) is 0 Å². The molecule has 3 atom stereocenters. The Labute approximate surface area is 189 Å². The number of aliphatic hydroxyl groups excluding tert-OH is 1. The Hall–Kier alpha value is -2.32. The molecule has 1 aliphatic heterocycles. The van der Waals surface area contributed by atoms with Gasteiger partial charge in [0.1, 0.15) is 6.33 Å². The van der Waals surface area contributed by atoms with Gasteiger partial charge in [0.15, 0.2) is 0 Å². The molecule has 31 heavy (non-hydrogen) atoms. The minimum atomic E-state index is -0.525. The third-order valence-electron chi connectivity index (χ3n) is 6.12. The van der Waals surface area contributed by atoms with Crippen molar-refractivity contribution in [3.63, 3.8) is 0 Å². The van der Waals surface area contributed by atoms with E-state index in [0.29, 0.717) is 22.0 Å². The molecule has 2 aliphatic rings. The highest BCUT2D eigenvalue weighted by Gasteiger charge is 2.29. The van der Waals surface area contributed by atoms with Gasteiger partial charge < -0.3 is 15.7 Å². The summed E-state index contributed by atoms with van der Waals surface area (Å²) in [5.74, 6) is 0.170. The molecule has 160 valence electrons. The van der Waals surface area contributed by atoms with Crippen LogP contribution in [0.3, 0.4) is 0 Å². The van der Waals surface area contributed by atoms with E-state index in [-0.39, 0.29) is 17.9 Å². The van der Waals surface area contributed by atoms with Crippen LogP contribution in [0.5, 0.6) is 0 Å². The van der Waals surface area contributed by atoms with E-state index in [4.69, 9.17) is 11.6 Å². The average Bonchev–Trinajstić information content (AvgIpc) is 3.42. The number of amides is 1. The fourth-order valence-corrected chi connectivity index (χ4v) is 5.59. The highest BCUT2D eigenvalue weighted by molar-refractivity contribution is 7.17. The molecule has 3 N–H and O–H groups in total. The molecule has 1 amide bonds. The summed E-state index contributed by atoms with van der Waals surface area (Å²) in [6.07, 6.45) is 3.34. The van der Waals surface area contributed by atoms with Gasteiger partial charge in [0.2, 0.25) is 0 Å². The monoisotopic (exact) mass is 454 g/mol. The Morgan fingerprint density at radius 1 is 1.16 bits per heavy atom. The first-order chi connectivity index (χ1) is 15.1. The third-order valence-corrected chi connectivity index (χ3v) is 7.46. The van der Waals surface area contributed by atoms with Crippen LogP contribution in [-0.4, -0.2) is 40.1 Å². The van der Waals surface area contributed by atoms with Gasteiger partial charge in [0.25, 0.3) is 5.91 Å². The lowest BCUT2D eigenvalue weighted by atomic mass is 9.86. The van der Waals surface area contributed by atoms with E-state index in [0.717, 1.165) is 42.1 Å². The van der Waals surface area contributed by atoms with Crippen molar-refractivity contribution in [1.29, 1.82) is 0 Å². The van der Waals surface area contributed by atoms with E-state index in [1.807, 2.05) is 36.4 Å². The lowest BCUT2D eigenvalue weighted by molar-refractivity contribution is 0.0928. The van der Waals surface area contributed by atoms with E-state index in [1.165, 1.54) is 23.2 Å². The normalized spacial score (nSPS) is 22.8. The number of benzene rings is 1. The van der Waals surface area contributed by atoms with Crippen LogP contribution in [0.25, 0.3) is 10.6 Å². The van der Waals surface area contributed by atoms with E-state index in [1.54, 1.807) is 0 Å². The van der Waals surface area contributed by atoms with E-state index < -0.39 is 6.10 Å². The van der Waals surface area contributed by atoms with Crippen LogP contribution in [0, 0.1) is 0 Å². The van der Waals surface area contributed by atoms with Crippen molar-refractivity contribution < 1.29 is 9.90 Å². The van der Waals surface area contributed by atoms with Gasteiger partial charge >= 0.3 is 0 Å². The molecule has 1 fully saturated rings. The molecule has 0 spiro atoms. The molecule has 0 saturated carbocycles. The first kappa shape index (κ1) is 20.6. The molecule has 2 aromatic heterocycles. The summed E-state index contributed by atoms with van der Waals surface area (Å²) >= 11 is 7.47. The van der Waals surface area contributed by atoms with Gasteiger partial charge in [-0.15, -0.1) is 11.3 Å². The zero-order chi connectivity index (χ0) is 21.4. The number of hydrogen-bond donors (Lipinski definition) is 3. The number of fused-ring (bicyclic) bond motifs is 1. The molecule has 1 aromatic carbocycles. The minimum Gasteiger partial charge on any atom is -0.387 e. The highest BCUT2D eigenvalue weighted by Crippen LogP contribution is 2.37. The zero-order valence-corrected chi connectivity index (χ0v) is 18.4. The summed E-state index contributed by atoms with van der Waals surface area (Å²) < 4.78 is 0. The van der Waals surface area contributed by atoms with Gasteiger partial charge in [-0.25, -0.2) is 9.97 Å². The SMILES string of the molecule is O=C(N[C@@H]1CNCC[C@H]1c1ccc(Cl)cc1)c1ccc(-c2ncnc3c2CCC3O)s1. The number of nitrogens with one attached hydrogen (secondary N) is 2. The Balaban J connectivity index is 1.34. The standard InChI is InChI=1S/C23H23ClN4O2S/c24-14-3-1-13(2-4-14)15-9-10-25-11-17(15)28-23(30)20-8-7-19(31-20)22-16-5-6-18(29)21(16)26-12-27-22/h1-4,7-8,12,15,17-18,25,29H,5-6,9-11H2,(H,28,30)/t15-,17+,18?/m0/s1. The van der Waals surface area contributed by atoms with Crippen molar-refractivity contribution in [3.05, 3.63) is 69.4 Å². The van der Waals surface area contributed by atoms with E-state index in [2.05, 4.69) is 20.6 Å². The molecule has 8 heteroatoms. The number of thiophene rings is 1. The van der Waals surface area contributed by atoms with Crippen molar-refractivity contribution >= 4 is 28.8 Å². The lowest BCUT2D eigenvalue weighted by Gasteiger charge is -2.33. The Kier molecular flexibility index (Phi) is 5.75. The number of carbonyl (C=O) groups is 1. The minimum absolute atomic E-state index is 0.00594. The van der Waals surface area contributed by atoms with Crippen LogP contribution >= 0.6 is 22.9 Å². The summed E-state index contributed by atoms with van der Waals surface area (Å²) in [6, 6.07) is 11.7. The molecule has 0 bridgehead atoms. The van der Waals surface area contributed by atoms with Crippen LogP contribution in [0.2, 0.25) is 5.02 Å². The average molecular weight is 455 g/mol. The van der Waals surface area contributed by atoms with Gasteiger partial charge in [0, 0.05) is 29.1 Å². The maximum Gasteiger partial charge on any atom is 0.261 e. The van der Waals surface area contributed by atoms with Crippen molar-refractivity contribution in [2.75, 3.05) is 13.1 Å². The number of piperidine rings is 1. The van der Waals surface area contributed by atoms with Crippen molar-refractivity contribution in [2.45, 2.75) is 37.3 Å². The van der Waals surface area contributed by atoms with Crippen LogP contribution < -0.4 is 10.6 Å². The number of aromatic nitrogens is 2. The number of nitrogens with zero attached hydrogens (tertiary/aromatic N) is 2. The maximum absolute atomic E-state index is 13.1. The number of hydrogen-bond acceptors (Lipinski definition) is 6. The van der Waals surface area contributed by atoms with Gasteiger partial charge in [-0.05, 0) is 55.6 Å². The lowest BCUT2D eigenvalue weighted by Crippen LogP contribution is -2.49. The molecule has 3 heterocycles. The molecule has 1 saturated heterocycles. The van der Waals surface area contributed by atoms with Gasteiger partial charge in [-0.3, -0.25) is 4.79 Å². The van der Waals surface area contributed by atoms with Gasteiger partial charge in [-0.1, -0.05) is 23.7 Å². The topological polar surface area (TPSA) is 87.1 Å². The zero-order valence-electron chi connectivity index (χ0n) is 16.8. The van der Waals surface area contributed by atoms with Crippen LogP contribution in [0.15, 0.2) is 42.7 Å². The summed E-state index contributed by atoms with van der Waals surface area (Å²) in [4.78, 5) is 23.3. The van der Waals surface area contributed by atoms with Crippen molar-refractivity contribution in [2.24, 2.45) is 0 Å². The van der Waals surface area contributed by atoms with Crippen LogP contribution in [0.1, 0.15) is 51.4 Å². The Bertz CT molecular complexity index is 1100. The molecule has 0 radical (unpaired) electrons. The molecular formula is C23H23ClN4O2S. The number of halogens is 1. The predicted octanol–water partition coefficient (Wildman–Crippen LogP) is 3.71. The van der Waals surface area contributed by atoms with Crippen LogP contribution in [-0.2, 0) is 6.42 Å². The molecule has 3 aromatic rings. The molecule has 1 aliphatic carbocycles. The van der Waals surface area contributed by atoms with E-state index >= 15 is 0 Å². The molecule has 1 unspecified atom stereocenters. The molecule has 6 nitrogen and oxygen atoms in total. The maximum atomic E-state index is 13.1. The van der Waals surface area contributed by atoms with Crippen molar-refractivity contribution in [3.8, 4) is 10.6 Å². The highest BCUT2D eigenvalue weighted by atomic mass is 35.5. The smallest absolute Gasteiger partial charge is 0.261 e. The first-order valence-corrected chi connectivity index (χ1v) is 11.7. The summed E-state index contributed by atoms with van der Waals surface area (Å²) in [5.41, 5.74) is 3.72. The third kappa shape index (κ3) is 4.11. The quantitative estimate of drug-likeness (QED) is 0.559. The second kappa shape index (κ2) is 8.67. The number of aliphatic hydroxyl groups is 1. The fourth-order valence-electron chi connectivity index (χ4n) is 4.54. The second-order valence-electron chi connectivity index (χ2n) is 8.04. The summed E-state index contributed by atoms with van der Waals surface area (Å²) in [6.45, 7) is 1.65. The van der Waals surface area contributed by atoms with Crippen molar-refractivity contribution in [1.82, 2.24) is 20.6 Å².